The van der Waals surface area contributed by atoms with Crippen LogP contribution in [0.2, 0.25) is 0 Å². The van der Waals surface area contributed by atoms with Crippen molar-refractivity contribution < 1.29 is 14.3 Å². The number of hydrogen-bond acceptors (Lipinski definition) is 3. The standard InChI is InChI=1S/C25H41NO3/c1-17(27)29-21-19(23(5,6)7)13-18(14-20(21)24(8,9)10)15-26(28)25(11,12)16-22(2,3)4/h13-15H,16H2,1-12H3. The van der Waals surface area contributed by atoms with E-state index in [1.54, 1.807) is 6.21 Å². The second-order valence-corrected chi connectivity index (χ2v) is 12.0. The summed E-state index contributed by atoms with van der Waals surface area (Å²) < 4.78 is 6.75. The highest BCUT2D eigenvalue weighted by Crippen LogP contribution is 2.40. The first-order valence-electron chi connectivity index (χ1n) is 10.4. The molecule has 4 heteroatoms. The first-order valence-corrected chi connectivity index (χ1v) is 10.4. The first kappa shape index (κ1) is 25.2. The van der Waals surface area contributed by atoms with Gasteiger partial charge < -0.3 is 9.94 Å². The van der Waals surface area contributed by atoms with E-state index in [0.717, 1.165) is 27.9 Å². The van der Waals surface area contributed by atoms with Crippen LogP contribution in [0.1, 0.15) is 106 Å². The van der Waals surface area contributed by atoms with Gasteiger partial charge in [0, 0.05) is 43.9 Å². The molecular weight excluding hydrogens is 362 g/mol. The molecule has 0 unspecified atom stereocenters. The molecule has 1 rings (SSSR count). The Bertz CT molecular complexity index is 747. The molecule has 0 spiro atoms. The van der Waals surface area contributed by atoms with Crippen LogP contribution < -0.4 is 4.74 Å². The van der Waals surface area contributed by atoms with E-state index < -0.39 is 5.54 Å². The molecule has 0 saturated heterocycles. The van der Waals surface area contributed by atoms with Crippen LogP contribution in [0.15, 0.2) is 12.1 Å². The summed E-state index contributed by atoms with van der Waals surface area (Å²) in [5, 5.41) is 13.1. The fourth-order valence-corrected chi connectivity index (χ4v) is 3.78. The summed E-state index contributed by atoms with van der Waals surface area (Å²) in [4.78, 5) is 11.8. The predicted molar refractivity (Wildman–Crippen MR) is 122 cm³/mol. The summed E-state index contributed by atoms with van der Waals surface area (Å²) in [6.07, 6.45) is 2.44. The summed E-state index contributed by atoms with van der Waals surface area (Å²) in [7, 11) is 0. The Kier molecular flexibility index (Phi) is 7.06. The van der Waals surface area contributed by atoms with Crippen molar-refractivity contribution in [2.45, 2.75) is 106 Å². The van der Waals surface area contributed by atoms with Gasteiger partial charge in [-0.25, -0.2) is 4.74 Å². The van der Waals surface area contributed by atoms with Gasteiger partial charge in [-0.3, -0.25) is 4.79 Å². The lowest BCUT2D eigenvalue weighted by Gasteiger charge is -2.31. The van der Waals surface area contributed by atoms with Crippen molar-refractivity contribution in [3.8, 4) is 5.75 Å². The highest BCUT2D eigenvalue weighted by molar-refractivity contribution is 5.79. The number of benzene rings is 1. The third-order valence-corrected chi connectivity index (χ3v) is 4.80. The molecule has 0 bridgehead atoms. The molecule has 1 aromatic carbocycles. The van der Waals surface area contributed by atoms with Crippen molar-refractivity contribution in [1.82, 2.24) is 0 Å². The Morgan fingerprint density at radius 3 is 1.66 bits per heavy atom. The average Bonchev–Trinajstić information content (AvgIpc) is 2.42. The van der Waals surface area contributed by atoms with Gasteiger partial charge in [0.2, 0.25) is 0 Å². The van der Waals surface area contributed by atoms with Crippen molar-refractivity contribution in [3.05, 3.63) is 34.0 Å². The molecule has 0 aliphatic heterocycles. The van der Waals surface area contributed by atoms with Crippen molar-refractivity contribution in [2.24, 2.45) is 5.41 Å². The van der Waals surface area contributed by atoms with Crippen LogP contribution in [-0.2, 0) is 15.6 Å². The molecule has 0 heterocycles. The quantitative estimate of drug-likeness (QED) is 0.147. The Morgan fingerprint density at radius 2 is 1.34 bits per heavy atom. The number of carbonyl (C=O) groups excluding carboxylic acids is 1. The lowest BCUT2D eigenvalue weighted by Crippen LogP contribution is -2.37. The molecule has 0 aliphatic rings. The molecule has 164 valence electrons. The van der Waals surface area contributed by atoms with Gasteiger partial charge in [0.15, 0.2) is 11.8 Å². The minimum Gasteiger partial charge on any atom is -0.623 e. The third-order valence-electron chi connectivity index (χ3n) is 4.80. The highest BCUT2D eigenvalue weighted by atomic mass is 16.5. The van der Waals surface area contributed by atoms with Crippen LogP contribution in [0.5, 0.6) is 5.75 Å². The van der Waals surface area contributed by atoms with Crippen LogP contribution in [0.3, 0.4) is 0 Å². The fraction of sp³-hybridized carbons (Fsp3) is 0.680. The lowest BCUT2D eigenvalue weighted by molar-refractivity contribution is -0.540. The molecule has 0 radical (unpaired) electrons. The van der Waals surface area contributed by atoms with Gasteiger partial charge in [-0.15, -0.1) is 0 Å². The molecule has 29 heavy (non-hydrogen) atoms. The topological polar surface area (TPSA) is 52.4 Å². The maximum absolute atomic E-state index is 13.1. The van der Waals surface area contributed by atoms with Gasteiger partial charge in [0.05, 0.1) is 0 Å². The third kappa shape index (κ3) is 7.17. The van der Waals surface area contributed by atoms with E-state index in [-0.39, 0.29) is 22.2 Å². The molecular formula is C25H41NO3. The lowest BCUT2D eigenvalue weighted by atomic mass is 9.78. The van der Waals surface area contributed by atoms with E-state index in [4.69, 9.17) is 4.74 Å². The maximum atomic E-state index is 13.1. The van der Waals surface area contributed by atoms with Crippen LogP contribution in [0, 0.1) is 10.6 Å². The van der Waals surface area contributed by atoms with Gasteiger partial charge >= 0.3 is 5.97 Å². The molecule has 1 aromatic rings. The number of rotatable bonds is 4. The smallest absolute Gasteiger partial charge is 0.308 e. The number of nitrogens with zero attached hydrogens (tertiary/aromatic N) is 1. The molecule has 0 N–H and O–H groups in total. The number of ether oxygens (including phenoxy) is 1. The van der Waals surface area contributed by atoms with Crippen molar-refractivity contribution in [2.75, 3.05) is 0 Å². The summed E-state index contributed by atoms with van der Waals surface area (Å²) in [5.74, 6) is 0.274. The van der Waals surface area contributed by atoms with E-state index >= 15 is 0 Å². The SMILES string of the molecule is CC(=O)Oc1c(C(C)(C)C)cc(C=[N+]([O-])C(C)(C)CC(C)(C)C)cc1C(C)(C)C. The molecule has 0 fully saturated rings. The predicted octanol–water partition coefficient (Wildman–Crippen LogP) is 6.35. The Morgan fingerprint density at radius 1 is 0.931 bits per heavy atom. The van der Waals surface area contributed by atoms with E-state index in [9.17, 15) is 10.0 Å². The van der Waals surface area contributed by atoms with E-state index in [0.29, 0.717) is 5.75 Å². The molecule has 0 atom stereocenters. The van der Waals surface area contributed by atoms with Crippen molar-refractivity contribution >= 4 is 12.2 Å². The second-order valence-electron chi connectivity index (χ2n) is 12.0. The molecule has 4 nitrogen and oxygen atoms in total. The maximum Gasteiger partial charge on any atom is 0.308 e. The fourth-order valence-electron chi connectivity index (χ4n) is 3.78. The van der Waals surface area contributed by atoms with Crippen molar-refractivity contribution in [1.29, 1.82) is 0 Å². The Balaban J connectivity index is 3.71. The zero-order valence-electron chi connectivity index (χ0n) is 20.6. The summed E-state index contributed by atoms with van der Waals surface area (Å²) in [6, 6.07) is 3.96. The highest BCUT2D eigenvalue weighted by Gasteiger charge is 2.33. The normalized spacial score (nSPS) is 14.1. The monoisotopic (exact) mass is 403 g/mol. The molecule has 0 aliphatic carbocycles. The minimum absolute atomic E-state index is 0.0479. The van der Waals surface area contributed by atoms with Crippen molar-refractivity contribution in [3.63, 3.8) is 0 Å². The van der Waals surface area contributed by atoms with Gasteiger partial charge in [-0.05, 0) is 28.4 Å². The van der Waals surface area contributed by atoms with Gasteiger partial charge in [0.25, 0.3) is 0 Å². The number of hydroxylamine groups is 1. The van der Waals surface area contributed by atoms with Crippen LogP contribution >= 0.6 is 0 Å². The molecule has 0 amide bonds. The summed E-state index contributed by atoms with van der Waals surface area (Å²) >= 11 is 0. The number of carbonyl (C=O) groups is 1. The van der Waals surface area contributed by atoms with Gasteiger partial charge in [-0.2, -0.15) is 0 Å². The number of esters is 1. The summed E-state index contributed by atoms with van der Waals surface area (Å²) in [6.45, 7) is 24.3. The molecule has 0 aromatic heterocycles. The average molecular weight is 404 g/mol. The first-order chi connectivity index (χ1) is 12.7. The zero-order valence-corrected chi connectivity index (χ0v) is 20.6. The largest absolute Gasteiger partial charge is 0.623 e. The van der Waals surface area contributed by atoms with Gasteiger partial charge in [0.1, 0.15) is 5.75 Å². The van der Waals surface area contributed by atoms with Crippen LogP contribution in [0.25, 0.3) is 0 Å². The molecule has 0 saturated carbocycles. The van der Waals surface area contributed by atoms with Crippen LogP contribution in [-0.4, -0.2) is 22.5 Å². The van der Waals surface area contributed by atoms with E-state index in [1.807, 2.05) is 26.0 Å². The van der Waals surface area contributed by atoms with Crippen LogP contribution in [0.4, 0.5) is 0 Å². The minimum atomic E-state index is -0.531. The van der Waals surface area contributed by atoms with E-state index in [2.05, 4.69) is 62.3 Å². The Labute approximate surface area is 177 Å². The Hall–Kier alpha value is -1.84. The number of hydrogen-bond donors (Lipinski definition) is 0. The zero-order chi connectivity index (χ0) is 23.0. The second kappa shape index (κ2) is 8.12. The van der Waals surface area contributed by atoms with E-state index in [1.165, 1.54) is 6.92 Å². The summed E-state index contributed by atoms with van der Waals surface area (Å²) in [5.41, 5.74) is 1.70. The van der Waals surface area contributed by atoms with Gasteiger partial charge in [-0.1, -0.05) is 62.3 Å².